The first-order chi connectivity index (χ1) is 16.5. The fourth-order valence-corrected chi connectivity index (χ4v) is 6.04. The molecule has 0 N–H and O–H groups in total. The fourth-order valence-electron chi connectivity index (χ4n) is 5.11. The van der Waals surface area contributed by atoms with Gasteiger partial charge in [-0.3, -0.25) is 9.59 Å². The molecule has 34 heavy (non-hydrogen) atoms. The van der Waals surface area contributed by atoms with Crippen LogP contribution in [-0.4, -0.2) is 60.6 Å². The van der Waals surface area contributed by atoms with Gasteiger partial charge in [-0.15, -0.1) is 11.3 Å². The van der Waals surface area contributed by atoms with Gasteiger partial charge in [-0.05, 0) is 74.6 Å². The highest BCUT2D eigenvalue weighted by atomic mass is 32.1. The lowest BCUT2D eigenvalue weighted by molar-refractivity contribution is -0.144. The first-order valence-corrected chi connectivity index (χ1v) is 13.3. The highest BCUT2D eigenvalue weighted by molar-refractivity contribution is 7.10. The monoisotopic (exact) mass is 482 g/mol. The largest absolute Gasteiger partial charge is 0.491 e. The Balaban J connectivity index is 1.32. The molecule has 6 nitrogen and oxygen atoms in total. The number of fused-ring (bicyclic) bond motifs is 1. The Morgan fingerprint density at radius 2 is 2.06 bits per heavy atom. The molecule has 182 valence electrons. The molecular formula is C27H34N2O4S. The minimum atomic E-state index is -0.149. The van der Waals surface area contributed by atoms with Gasteiger partial charge in [0.2, 0.25) is 11.8 Å². The molecule has 3 aliphatic rings. The van der Waals surface area contributed by atoms with E-state index < -0.39 is 0 Å². The Morgan fingerprint density at radius 1 is 1.21 bits per heavy atom. The van der Waals surface area contributed by atoms with E-state index in [1.165, 1.54) is 16.0 Å². The van der Waals surface area contributed by atoms with Crippen molar-refractivity contribution in [3.05, 3.63) is 51.2 Å². The lowest BCUT2D eigenvalue weighted by Gasteiger charge is -2.37. The number of amides is 2. The number of carbonyl (C=O) groups excluding carboxylic acids is 2. The minimum Gasteiger partial charge on any atom is -0.491 e. The maximum atomic E-state index is 13.6. The topological polar surface area (TPSA) is 59.1 Å². The number of carbonyl (C=O) groups is 2. The Hall–Kier alpha value is -2.38. The fraction of sp³-hybridized carbons (Fsp3) is 0.556. The summed E-state index contributed by atoms with van der Waals surface area (Å²) in [5, 5.41) is 2.10. The summed E-state index contributed by atoms with van der Waals surface area (Å²) in [5.41, 5.74) is 3.47. The summed E-state index contributed by atoms with van der Waals surface area (Å²) >= 11 is 1.75. The second-order valence-electron chi connectivity index (χ2n) is 9.86. The molecule has 2 aromatic rings. The molecular weight excluding hydrogens is 448 g/mol. The van der Waals surface area contributed by atoms with Crippen molar-refractivity contribution in [1.29, 1.82) is 0 Å². The van der Waals surface area contributed by atoms with Crippen LogP contribution in [0.15, 0.2) is 29.6 Å². The highest BCUT2D eigenvalue weighted by Crippen LogP contribution is 2.35. The molecule has 1 aromatic carbocycles. The van der Waals surface area contributed by atoms with Crippen molar-refractivity contribution in [2.24, 2.45) is 5.92 Å². The van der Waals surface area contributed by atoms with E-state index in [0.29, 0.717) is 19.7 Å². The van der Waals surface area contributed by atoms with Gasteiger partial charge < -0.3 is 19.3 Å². The van der Waals surface area contributed by atoms with Gasteiger partial charge in [0.1, 0.15) is 12.4 Å². The van der Waals surface area contributed by atoms with Crippen LogP contribution in [0.4, 0.5) is 0 Å². The normalized spacial score (nSPS) is 21.9. The predicted octanol–water partition coefficient (Wildman–Crippen LogP) is 4.29. The maximum Gasteiger partial charge on any atom is 0.242 e. The van der Waals surface area contributed by atoms with Crippen molar-refractivity contribution in [3.63, 3.8) is 0 Å². The lowest BCUT2D eigenvalue weighted by Crippen LogP contribution is -2.49. The number of rotatable bonds is 8. The number of thiophene rings is 1. The molecule has 1 aliphatic carbocycles. The molecule has 2 atom stereocenters. The molecule has 2 amide bonds. The number of hydrogen-bond donors (Lipinski definition) is 0. The molecule has 0 radical (unpaired) electrons. The third kappa shape index (κ3) is 5.15. The van der Waals surface area contributed by atoms with Crippen LogP contribution < -0.4 is 4.74 Å². The number of aryl methyl sites for hydroxylation is 2. The summed E-state index contributed by atoms with van der Waals surface area (Å²) in [6.45, 7) is 6.56. The Bertz CT molecular complexity index is 1040. The second-order valence-corrected chi connectivity index (χ2v) is 10.9. The molecule has 5 rings (SSSR count). The standard InChI is InChI=1S/C27H34N2O4S/c1-18-5-8-24(19(2)14-18)33-17-23-22-10-13-34-25(22)9-11-29(23)26(30)16-28(27(31)20-6-7-20)15-21-4-3-12-32-21/h5,8,10,13-14,20-21,23H,3-4,6-7,9,11-12,15-17H2,1-2H3/t21-,23-/m1/s1. The summed E-state index contributed by atoms with van der Waals surface area (Å²) in [5.74, 6) is 1.05. The summed E-state index contributed by atoms with van der Waals surface area (Å²) in [7, 11) is 0. The molecule has 3 heterocycles. The summed E-state index contributed by atoms with van der Waals surface area (Å²) in [6.07, 6.45) is 4.74. The van der Waals surface area contributed by atoms with E-state index in [-0.39, 0.29) is 36.4 Å². The van der Waals surface area contributed by atoms with Crippen LogP contribution in [0.25, 0.3) is 0 Å². The molecule has 2 aliphatic heterocycles. The zero-order chi connectivity index (χ0) is 23.7. The van der Waals surface area contributed by atoms with Crippen LogP contribution in [0.1, 0.15) is 53.3 Å². The maximum absolute atomic E-state index is 13.6. The van der Waals surface area contributed by atoms with E-state index in [1.807, 2.05) is 11.0 Å². The van der Waals surface area contributed by atoms with Gasteiger partial charge >= 0.3 is 0 Å². The molecule has 2 fully saturated rings. The minimum absolute atomic E-state index is 0.00178. The van der Waals surface area contributed by atoms with Gasteiger partial charge in [0, 0.05) is 30.5 Å². The van der Waals surface area contributed by atoms with Crippen LogP contribution in [0, 0.1) is 19.8 Å². The van der Waals surface area contributed by atoms with Gasteiger partial charge in [0.15, 0.2) is 0 Å². The summed E-state index contributed by atoms with van der Waals surface area (Å²) in [4.78, 5) is 31.7. The zero-order valence-electron chi connectivity index (χ0n) is 20.1. The third-order valence-electron chi connectivity index (χ3n) is 7.15. The van der Waals surface area contributed by atoms with E-state index in [1.54, 1.807) is 16.2 Å². The van der Waals surface area contributed by atoms with Crippen LogP contribution >= 0.6 is 11.3 Å². The lowest BCUT2D eigenvalue weighted by atomic mass is 10.00. The molecule has 1 aromatic heterocycles. The Kier molecular flexibility index (Phi) is 6.93. The number of benzene rings is 1. The number of nitrogens with zero attached hydrogens (tertiary/aromatic N) is 2. The SMILES string of the molecule is Cc1ccc(OC[C@@H]2c3ccsc3CCN2C(=O)CN(C[C@H]2CCCO2)C(=O)C2CC2)c(C)c1. The quantitative estimate of drug-likeness (QED) is 0.563. The van der Waals surface area contributed by atoms with Crippen molar-refractivity contribution in [2.45, 2.75) is 58.1 Å². The van der Waals surface area contributed by atoms with Crippen molar-refractivity contribution in [1.82, 2.24) is 9.80 Å². The first kappa shape index (κ1) is 23.4. The first-order valence-electron chi connectivity index (χ1n) is 12.5. The summed E-state index contributed by atoms with van der Waals surface area (Å²) in [6, 6.07) is 8.14. The number of hydrogen-bond acceptors (Lipinski definition) is 5. The Labute approximate surface area is 205 Å². The third-order valence-corrected chi connectivity index (χ3v) is 8.15. The Morgan fingerprint density at radius 3 is 2.79 bits per heavy atom. The molecule has 1 saturated carbocycles. The van der Waals surface area contributed by atoms with Crippen molar-refractivity contribution in [2.75, 3.05) is 32.8 Å². The molecule has 0 spiro atoms. The van der Waals surface area contributed by atoms with E-state index in [4.69, 9.17) is 9.47 Å². The van der Waals surface area contributed by atoms with Gasteiger partial charge in [-0.1, -0.05) is 17.7 Å². The highest BCUT2D eigenvalue weighted by Gasteiger charge is 2.38. The van der Waals surface area contributed by atoms with Crippen molar-refractivity contribution < 1.29 is 19.1 Å². The predicted molar refractivity (Wildman–Crippen MR) is 132 cm³/mol. The second kappa shape index (κ2) is 10.1. The van der Waals surface area contributed by atoms with E-state index in [2.05, 4.69) is 37.4 Å². The van der Waals surface area contributed by atoms with Gasteiger partial charge in [-0.25, -0.2) is 0 Å². The van der Waals surface area contributed by atoms with Gasteiger partial charge in [0.05, 0.1) is 18.7 Å². The molecule has 0 bridgehead atoms. The van der Waals surface area contributed by atoms with E-state index in [0.717, 1.165) is 50.0 Å². The van der Waals surface area contributed by atoms with Gasteiger partial charge in [0.25, 0.3) is 0 Å². The average Bonchev–Trinajstić information content (AvgIpc) is 3.32. The average molecular weight is 483 g/mol. The molecule has 1 saturated heterocycles. The smallest absolute Gasteiger partial charge is 0.242 e. The zero-order valence-corrected chi connectivity index (χ0v) is 20.9. The van der Waals surface area contributed by atoms with Gasteiger partial charge in [-0.2, -0.15) is 0 Å². The van der Waals surface area contributed by atoms with Crippen LogP contribution in [-0.2, 0) is 20.7 Å². The van der Waals surface area contributed by atoms with Crippen LogP contribution in [0.5, 0.6) is 5.75 Å². The van der Waals surface area contributed by atoms with Crippen molar-refractivity contribution >= 4 is 23.2 Å². The summed E-state index contributed by atoms with van der Waals surface area (Å²) < 4.78 is 12.0. The van der Waals surface area contributed by atoms with Crippen LogP contribution in [0.2, 0.25) is 0 Å². The molecule has 7 heteroatoms. The van der Waals surface area contributed by atoms with Crippen LogP contribution in [0.3, 0.4) is 0 Å². The van der Waals surface area contributed by atoms with E-state index in [9.17, 15) is 9.59 Å². The van der Waals surface area contributed by atoms with E-state index >= 15 is 0 Å². The number of ether oxygens (including phenoxy) is 2. The molecule has 0 unspecified atom stereocenters. The van der Waals surface area contributed by atoms with Crippen molar-refractivity contribution in [3.8, 4) is 5.75 Å².